The fourth-order valence-corrected chi connectivity index (χ4v) is 1.33. The maximum atomic E-state index is 9.39. The quantitative estimate of drug-likeness (QED) is 0.764. The van der Waals surface area contributed by atoms with Gasteiger partial charge in [0, 0.05) is 5.56 Å². The molecule has 0 atom stereocenters. The van der Waals surface area contributed by atoms with Crippen LogP contribution >= 0.6 is 11.6 Å². The Morgan fingerprint density at radius 2 is 1.85 bits per heavy atom. The number of rotatable bonds is 3. The lowest BCUT2D eigenvalue weighted by Crippen LogP contribution is -1.94. The number of ether oxygens (including phenoxy) is 2. The molecule has 0 amide bonds. The van der Waals surface area contributed by atoms with Gasteiger partial charge in [-0.05, 0) is 6.07 Å². The summed E-state index contributed by atoms with van der Waals surface area (Å²) in [6.45, 7) is 0. The Morgan fingerprint density at radius 3 is 2.31 bits per heavy atom. The van der Waals surface area contributed by atoms with Gasteiger partial charge in [-0.1, -0.05) is 6.07 Å². The molecule has 1 N–H and O–H groups in total. The molecule has 0 fully saturated rings. The van der Waals surface area contributed by atoms with E-state index in [0.717, 1.165) is 5.56 Å². The number of alkyl halides is 1. The summed E-state index contributed by atoms with van der Waals surface area (Å²) in [5.74, 6) is 1.17. The Kier molecular flexibility index (Phi) is 3.25. The summed E-state index contributed by atoms with van der Waals surface area (Å²) in [6, 6.07) is 3.22. The van der Waals surface area contributed by atoms with Crippen LogP contribution in [0.25, 0.3) is 0 Å². The van der Waals surface area contributed by atoms with Crippen molar-refractivity contribution in [2.75, 3.05) is 14.2 Å². The maximum Gasteiger partial charge on any atom is 0.203 e. The van der Waals surface area contributed by atoms with E-state index in [1.807, 2.05) is 0 Å². The molecule has 0 heterocycles. The molecule has 0 aliphatic heterocycles. The first-order chi connectivity index (χ1) is 6.24. The van der Waals surface area contributed by atoms with E-state index in [1.54, 1.807) is 6.07 Å². The number of hydrogen-bond donors (Lipinski definition) is 1. The lowest BCUT2D eigenvalue weighted by Gasteiger charge is -2.11. The van der Waals surface area contributed by atoms with Gasteiger partial charge in [-0.2, -0.15) is 0 Å². The molecule has 0 saturated heterocycles. The normalized spacial score (nSPS) is 9.77. The maximum absolute atomic E-state index is 9.39. The number of hydrogen-bond acceptors (Lipinski definition) is 3. The molecule has 4 heteroatoms. The molecule has 1 aromatic carbocycles. The van der Waals surface area contributed by atoms with Crippen molar-refractivity contribution in [1.82, 2.24) is 0 Å². The fraction of sp³-hybridized carbons (Fsp3) is 0.333. The number of phenols is 1. The molecule has 0 saturated carbocycles. The van der Waals surface area contributed by atoms with Crippen LogP contribution in [0.4, 0.5) is 0 Å². The predicted octanol–water partition coefficient (Wildman–Crippen LogP) is 2.15. The van der Waals surface area contributed by atoms with Gasteiger partial charge < -0.3 is 14.6 Å². The minimum Gasteiger partial charge on any atom is -0.504 e. The first kappa shape index (κ1) is 9.99. The summed E-state index contributed by atoms with van der Waals surface area (Å²) in [7, 11) is 2.98. The van der Waals surface area contributed by atoms with E-state index in [9.17, 15) is 5.11 Å². The third-order valence-corrected chi connectivity index (χ3v) is 2.01. The van der Waals surface area contributed by atoms with E-state index in [4.69, 9.17) is 21.1 Å². The Balaban J connectivity index is 3.27. The summed E-state index contributed by atoms with van der Waals surface area (Å²) < 4.78 is 10.0. The molecular weight excluding hydrogens is 192 g/mol. The average molecular weight is 203 g/mol. The topological polar surface area (TPSA) is 38.7 Å². The molecule has 0 radical (unpaired) electrons. The summed E-state index contributed by atoms with van der Waals surface area (Å²) in [5, 5.41) is 9.39. The molecule has 1 rings (SSSR count). The van der Waals surface area contributed by atoms with Crippen molar-refractivity contribution in [3.05, 3.63) is 17.7 Å². The molecule has 0 bridgehead atoms. The van der Waals surface area contributed by atoms with Crippen molar-refractivity contribution in [2.45, 2.75) is 5.88 Å². The highest BCUT2D eigenvalue weighted by Gasteiger charge is 2.13. The van der Waals surface area contributed by atoms with Gasteiger partial charge in [0.15, 0.2) is 11.5 Å². The van der Waals surface area contributed by atoms with Gasteiger partial charge in [0.05, 0.1) is 20.1 Å². The zero-order valence-corrected chi connectivity index (χ0v) is 8.26. The second-order valence-electron chi connectivity index (χ2n) is 2.44. The molecule has 0 unspecified atom stereocenters. The van der Waals surface area contributed by atoms with Gasteiger partial charge in [0.1, 0.15) is 0 Å². The molecular formula is C9H11ClO3. The van der Waals surface area contributed by atoms with E-state index in [1.165, 1.54) is 20.3 Å². The van der Waals surface area contributed by atoms with Crippen LogP contribution in [-0.2, 0) is 5.88 Å². The van der Waals surface area contributed by atoms with Gasteiger partial charge in [-0.15, -0.1) is 11.6 Å². The number of methoxy groups -OCH3 is 2. The molecule has 3 nitrogen and oxygen atoms in total. The van der Waals surface area contributed by atoms with E-state index >= 15 is 0 Å². The number of halogens is 1. The first-order valence-corrected chi connectivity index (χ1v) is 4.26. The van der Waals surface area contributed by atoms with E-state index in [-0.39, 0.29) is 5.75 Å². The zero-order valence-electron chi connectivity index (χ0n) is 7.50. The zero-order chi connectivity index (χ0) is 9.84. The van der Waals surface area contributed by atoms with Crippen molar-refractivity contribution in [3.63, 3.8) is 0 Å². The molecule has 0 spiro atoms. The fourth-order valence-electron chi connectivity index (χ4n) is 1.12. The van der Waals surface area contributed by atoms with Crippen molar-refractivity contribution < 1.29 is 14.6 Å². The molecule has 72 valence electrons. The SMILES string of the molecule is COc1c(O)ccc(CCl)c1OC. The standard InChI is InChI=1S/C9H11ClO3/c1-12-8-6(5-10)3-4-7(11)9(8)13-2/h3-4,11H,5H2,1-2H3. The van der Waals surface area contributed by atoms with Gasteiger partial charge >= 0.3 is 0 Å². The summed E-state index contributed by atoms with van der Waals surface area (Å²) >= 11 is 5.67. The first-order valence-electron chi connectivity index (χ1n) is 3.73. The van der Waals surface area contributed by atoms with Crippen molar-refractivity contribution in [3.8, 4) is 17.2 Å². The van der Waals surface area contributed by atoms with Crippen molar-refractivity contribution in [2.24, 2.45) is 0 Å². The number of aromatic hydroxyl groups is 1. The number of benzene rings is 1. The van der Waals surface area contributed by atoms with Gasteiger partial charge in [0.25, 0.3) is 0 Å². The van der Waals surface area contributed by atoms with Gasteiger partial charge in [0.2, 0.25) is 5.75 Å². The Bertz CT molecular complexity index is 299. The Hall–Kier alpha value is -1.09. The Morgan fingerprint density at radius 1 is 1.23 bits per heavy atom. The van der Waals surface area contributed by atoms with Crippen LogP contribution < -0.4 is 9.47 Å². The van der Waals surface area contributed by atoms with Crippen LogP contribution in [0, 0.1) is 0 Å². The predicted molar refractivity (Wildman–Crippen MR) is 50.8 cm³/mol. The van der Waals surface area contributed by atoms with E-state index in [0.29, 0.717) is 17.4 Å². The largest absolute Gasteiger partial charge is 0.504 e. The van der Waals surface area contributed by atoms with Crippen molar-refractivity contribution >= 4 is 11.6 Å². The Labute approximate surface area is 81.9 Å². The summed E-state index contributed by atoms with van der Waals surface area (Å²) in [6.07, 6.45) is 0. The lowest BCUT2D eigenvalue weighted by molar-refractivity contribution is 0.331. The molecule has 13 heavy (non-hydrogen) atoms. The van der Waals surface area contributed by atoms with Gasteiger partial charge in [-0.25, -0.2) is 0 Å². The summed E-state index contributed by atoms with van der Waals surface area (Å²) in [4.78, 5) is 0. The molecule has 0 aromatic heterocycles. The molecule has 0 aliphatic rings. The highest BCUT2D eigenvalue weighted by molar-refractivity contribution is 6.17. The summed E-state index contributed by atoms with van der Waals surface area (Å²) in [5.41, 5.74) is 0.791. The minimum atomic E-state index is 0.0493. The van der Waals surface area contributed by atoms with Crippen LogP contribution in [0.5, 0.6) is 17.2 Å². The number of phenolic OH excluding ortho intramolecular Hbond substituents is 1. The smallest absolute Gasteiger partial charge is 0.203 e. The van der Waals surface area contributed by atoms with Crippen LogP contribution in [0.15, 0.2) is 12.1 Å². The second kappa shape index (κ2) is 4.23. The van der Waals surface area contributed by atoms with Gasteiger partial charge in [-0.3, -0.25) is 0 Å². The van der Waals surface area contributed by atoms with Crippen LogP contribution in [0.1, 0.15) is 5.56 Å². The molecule has 1 aromatic rings. The van der Waals surface area contributed by atoms with E-state index in [2.05, 4.69) is 0 Å². The molecule has 0 aliphatic carbocycles. The van der Waals surface area contributed by atoms with Crippen LogP contribution in [0.2, 0.25) is 0 Å². The average Bonchev–Trinajstić information content (AvgIpc) is 2.17. The highest BCUT2D eigenvalue weighted by Crippen LogP contribution is 2.39. The van der Waals surface area contributed by atoms with Crippen LogP contribution in [0.3, 0.4) is 0 Å². The third-order valence-electron chi connectivity index (χ3n) is 1.73. The van der Waals surface area contributed by atoms with E-state index < -0.39 is 0 Å². The lowest BCUT2D eigenvalue weighted by atomic mass is 10.2. The van der Waals surface area contributed by atoms with Crippen molar-refractivity contribution in [1.29, 1.82) is 0 Å². The second-order valence-corrected chi connectivity index (χ2v) is 2.71. The monoisotopic (exact) mass is 202 g/mol. The minimum absolute atomic E-state index is 0.0493. The van der Waals surface area contributed by atoms with Crippen LogP contribution in [-0.4, -0.2) is 19.3 Å². The highest BCUT2D eigenvalue weighted by atomic mass is 35.5. The third kappa shape index (κ3) is 1.80.